The van der Waals surface area contributed by atoms with E-state index in [1.54, 1.807) is 36.0 Å². The SMILES string of the molecule is COc1ccc(C(CC(=O)O)NC(=O)c2cnc3c(c2)c(C)nn3C)c(OC)c1. The summed E-state index contributed by atoms with van der Waals surface area (Å²) in [5.41, 5.74) is 2.27. The molecule has 2 N–H and O–H groups in total. The smallest absolute Gasteiger partial charge is 0.305 e. The van der Waals surface area contributed by atoms with Crippen LogP contribution in [0.25, 0.3) is 11.0 Å². The molecule has 0 bridgehead atoms. The van der Waals surface area contributed by atoms with Gasteiger partial charge in [0.15, 0.2) is 5.65 Å². The third kappa shape index (κ3) is 4.13. The Labute approximate surface area is 167 Å². The summed E-state index contributed by atoms with van der Waals surface area (Å²) in [5.74, 6) is -0.503. The monoisotopic (exact) mass is 398 g/mol. The fraction of sp³-hybridized carbons (Fsp3) is 0.300. The number of nitrogens with one attached hydrogen (secondary N) is 1. The van der Waals surface area contributed by atoms with Gasteiger partial charge in [0.05, 0.1) is 37.9 Å². The van der Waals surface area contributed by atoms with Crippen LogP contribution in [0.5, 0.6) is 11.5 Å². The zero-order chi connectivity index (χ0) is 21.1. The predicted molar refractivity (Wildman–Crippen MR) is 105 cm³/mol. The molecule has 3 rings (SSSR count). The molecule has 0 spiro atoms. The number of hydrogen-bond acceptors (Lipinski definition) is 6. The summed E-state index contributed by atoms with van der Waals surface area (Å²) in [6, 6.07) is 5.90. The van der Waals surface area contributed by atoms with Gasteiger partial charge < -0.3 is 19.9 Å². The van der Waals surface area contributed by atoms with Crippen LogP contribution in [-0.4, -0.2) is 46.0 Å². The molecule has 0 aliphatic rings. The largest absolute Gasteiger partial charge is 0.497 e. The van der Waals surface area contributed by atoms with Gasteiger partial charge in [0.1, 0.15) is 11.5 Å². The van der Waals surface area contributed by atoms with E-state index in [9.17, 15) is 14.7 Å². The van der Waals surface area contributed by atoms with Crippen LogP contribution in [-0.2, 0) is 11.8 Å². The minimum Gasteiger partial charge on any atom is -0.497 e. The number of aliphatic carboxylic acids is 1. The Hall–Kier alpha value is -3.62. The Morgan fingerprint density at radius 1 is 1.24 bits per heavy atom. The van der Waals surface area contributed by atoms with Crippen molar-refractivity contribution in [1.29, 1.82) is 0 Å². The van der Waals surface area contributed by atoms with Crippen LogP contribution in [0.2, 0.25) is 0 Å². The minimum absolute atomic E-state index is 0.310. The van der Waals surface area contributed by atoms with E-state index in [4.69, 9.17) is 9.47 Å². The van der Waals surface area contributed by atoms with Crippen molar-refractivity contribution in [3.63, 3.8) is 0 Å². The number of aryl methyl sites for hydroxylation is 2. The standard InChI is InChI=1S/C20H22N4O5/c1-11-15-7-12(10-21-19(15)24(2)23-11)20(27)22-16(9-18(25)26)14-6-5-13(28-3)8-17(14)29-4/h5-8,10,16H,9H2,1-4H3,(H,22,27)(H,25,26). The number of carboxylic acids is 1. The topological polar surface area (TPSA) is 116 Å². The molecule has 0 aliphatic carbocycles. The average molecular weight is 398 g/mol. The van der Waals surface area contributed by atoms with Crippen molar-refractivity contribution >= 4 is 22.9 Å². The summed E-state index contributed by atoms with van der Waals surface area (Å²) in [7, 11) is 4.77. The van der Waals surface area contributed by atoms with Crippen molar-refractivity contribution in [2.75, 3.05) is 14.2 Å². The Kier molecular flexibility index (Phi) is 5.67. The number of hydrogen-bond donors (Lipinski definition) is 2. The lowest BCUT2D eigenvalue weighted by Crippen LogP contribution is -2.30. The molecular formula is C20H22N4O5. The van der Waals surface area contributed by atoms with Gasteiger partial charge in [-0.3, -0.25) is 14.3 Å². The van der Waals surface area contributed by atoms with Crippen molar-refractivity contribution in [3.05, 3.63) is 47.3 Å². The van der Waals surface area contributed by atoms with Crippen molar-refractivity contribution in [2.45, 2.75) is 19.4 Å². The molecule has 0 radical (unpaired) electrons. The lowest BCUT2D eigenvalue weighted by Gasteiger charge is -2.20. The molecule has 9 heteroatoms. The maximum absolute atomic E-state index is 12.9. The van der Waals surface area contributed by atoms with Crippen LogP contribution < -0.4 is 14.8 Å². The summed E-state index contributed by atoms with van der Waals surface area (Å²) < 4.78 is 12.2. The second-order valence-corrected chi connectivity index (χ2v) is 6.54. The second-order valence-electron chi connectivity index (χ2n) is 6.54. The average Bonchev–Trinajstić information content (AvgIpc) is 2.99. The summed E-state index contributed by atoms with van der Waals surface area (Å²) in [6.45, 7) is 1.83. The number of methoxy groups -OCH3 is 2. The number of fused-ring (bicyclic) bond motifs is 1. The van der Waals surface area contributed by atoms with Gasteiger partial charge in [-0.2, -0.15) is 5.10 Å². The normalized spacial score (nSPS) is 11.9. The third-order valence-corrected chi connectivity index (χ3v) is 4.63. The molecule has 0 saturated heterocycles. The van der Waals surface area contributed by atoms with Gasteiger partial charge in [-0.1, -0.05) is 0 Å². The molecular weight excluding hydrogens is 376 g/mol. The highest BCUT2D eigenvalue weighted by molar-refractivity contribution is 5.97. The molecule has 1 aromatic carbocycles. The molecule has 9 nitrogen and oxygen atoms in total. The van der Waals surface area contributed by atoms with Crippen molar-refractivity contribution < 1.29 is 24.2 Å². The van der Waals surface area contributed by atoms with Gasteiger partial charge in [0, 0.05) is 30.3 Å². The fourth-order valence-corrected chi connectivity index (χ4v) is 3.19. The van der Waals surface area contributed by atoms with Gasteiger partial charge in [-0.25, -0.2) is 4.98 Å². The Morgan fingerprint density at radius 2 is 2.00 bits per heavy atom. The van der Waals surface area contributed by atoms with Gasteiger partial charge in [-0.15, -0.1) is 0 Å². The van der Waals surface area contributed by atoms with E-state index in [0.717, 1.165) is 11.1 Å². The first-order valence-corrected chi connectivity index (χ1v) is 8.88. The van der Waals surface area contributed by atoms with Gasteiger partial charge in [0.2, 0.25) is 0 Å². The van der Waals surface area contributed by atoms with Gasteiger partial charge in [-0.05, 0) is 25.1 Å². The first-order chi connectivity index (χ1) is 13.8. The number of nitrogens with zero attached hydrogens (tertiary/aromatic N) is 3. The first-order valence-electron chi connectivity index (χ1n) is 8.88. The zero-order valence-corrected chi connectivity index (χ0v) is 16.6. The van der Waals surface area contributed by atoms with E-state index in [1.165, 1.54) is 20.4 Å². The quantitative estimate of drug-likeness (QED) is 0.627. The fourth-order valence-electron chi connectivity index (χ4n) is 3.19. The number of aromatic nitrogens is 3. The molecule has 0 saturated carbocycles. The highest BCUT2D eigenvalue weighted by Crippen LogP contribution is 2.31. The van der Waals surface area contributed by atoms with E-state index in [1.807, 2.05) is 6.92 Å². The van der Waals surface area contributed by atoms with Crippen LogP contribution in [0.1, 0.15) is 34.1 Å². The van der Waals surface area contributed by atoms with Crippen LogP contribution in [0.3, 0.4) is 0 Å². The number of carbonyl (C=O) groups is 2. The third-order valence-electron chi connectivity index (χ3n) is 4.63. The van der Waals surface area contributed by atoms with Gasteiger partial charge in [0.25, 0.3) is 5.91 Å². The highest BCUT2D eigenvalue weighted by atomic mass is 16.5. The van der Waals surface area contributed by atoms with E-state index < -0.39 is 17.9 Å². The lowest BCUT2D eigenvalue weighted by molar-refractivity contribution is -0.137. The van der Waals surface area contributed by atoms with E-state index >= 15 is 0 Å². The summed E-state index contributed by atoms with van der Waals surface area (Å²) in [6.07, 6.45) is 1.14. The molecule has 1 atom stereocenters. The number of carbonyl (C=O) groups excluding carboxylic acids is 1. The van der Waals surface area contributed by atoms with Crippen LogP contribution in [0.4, 0.5) is 0 Å². The van der Waals surface area contributed by atoms with Gasteiger partial charge >= 0.3 is 5.97 Å². The Bertz CT molecular complexity index is 1080. The molecule has 2 aromatic heterocycles. The molecule has 0 fully saturated rings. The Morgan fingerprint density at radius 3 is 2.66 bits per heavy atom. The van der Waals surface area contributed by atoms with Crippen LogP contribution in [0.15, 0.2) is 30.5 Å². The Balaban J connectivity index is 1.94. The molecule has 2 heterocycles. The summed E-state index contributed by atoms with van der Waals surface area (Å²) in [5, 5.41) is 17.2. The predicted octanol–water partition coefficient (Wildman–Crippen LogP) is 2.24. The number of amides is 1. The number of pyridine rings is 1. The summed E-state index contributed by atoms with van der Waals surface area (Å²) in [4.78, 5) is 28.6. The minimum atomic E-state index is -1.05. The van der Waals surface area contributed by atoms with Crippen molar-refractivity contribution in [1.82, 2.24) is 20.1 Å². The maximum atomic E-state index is 12.9. The second kappa shape index (κ2) is 8.17. The molecule has 3 aromatic rings. The van der Waals surface area contributed by atoms with Crippen LogP contribution in [0, 0.1) is 6.92 Å². The molecule has 29 heavy (non-hydrogen) atoms. The summed E-state index contributed by atoms with van der Waals surface area (Å²) >= 11 is 0. The van der Waals surface area contributed by atoms with E-state index in [-0.39, 0.29) is 6.42 Å². The molecule has 0 aliphatic heterocycles. The number of carboxylic acid groups (broad SMARTS) is 1. The maximum Gasteiger partial charge on any atom is 0.305 e. The highest BCUT2D eigenvalue weighted by Gasteiger charge is 2.23. The lowest BCUT2D eigenvalue weighted by atomic mass is 10.0. The molecule has 1 unspecified atom stereocenters. The van der Waals surface area contributed by atoms with Crippen molar-refractivity contribution in [3.8, 4) is 11.5 Å². The number of ether oxygens (including phenoxy) is 2. The number of benzene rings is 1. The molecule has 1 amide bonds. The number of rotatable bonds is 7. The van der Waals surface area contributed by atoms with Crippen molar-refractivity contribution in [2.24, 2.45) is 7.05 Å². The van der Waals surface area contributed by atoms with E-state index in [2.05, 4.69) is 15.4 Å². The van der Waals surface area contributed by atoms with E-state index in [0.29, 0.717) is 28.3 Å². The molecule has 152 valence electrons. The zero-order valence-electron chi connectivity index (χ0n) is 16.6. The van der Waals surface area contributed by atoms with Crippen LogP contribution >= 0.6 is 0 Å². The first kappa shape index (κ1) is 20.1.